The number of hydrogen-bond donors (Lipinski definition) is 1. The van der Waals surface area contributed by atoms with Crippen molar-refractivity contribution in [1.29, 1.82) is 0 Å². The molecule has 0 unspecified atom stereocenters. The average molecular weight is 298 g/mol. The first kappa shape index (κ1) is 15.2. The summed E-state index contributed by atoms with van der Waals surface area (Å²) in [5, 5.41) is 5.11. The molecule has 0 aliphatic heterocycles. The van der Waals surface area contributed by atoms with Gasteiger partial charge in [0.15, 0.2) is 0 Å². The molecular weight excluding hydrogens is 274 g/mol. The molecule has 0 atom stereocenters. The van der Waals surface area contributed by atoms with Gasteiger partial charge in [-0.1, -0.05) is 43.9 Å². The molecule has 0 bridgehead atoms. The Labute approximate surface area is 126 Å². The average Bonchev–Trinajstić information content (AvgIpc) is 2.43. The van der Waals surface area contributed by atoms with Gasteiger partial charge in [0.25, 0.3) is 0 Å². The van der Waals surface area contributed by atoms with Gasteiger partial charge in [0.1, 0.15) is 0 Å². The van der Waals surface area contributed by atoms with E-state index in [9.17, 15) is 0 Å². The molecule has 0 spiro atoms. The number of rotatable bonds is 6. The van der Waals surface area contributed by atoms with E-state index in [2.05, 4.69) is 30.4 Å². The molecule has 0 saturated heterocycles. The second-order valence-electron chi connectivity index (χ2n) is 5.31. The third-order valence-electron chi connectivity index (χ3n) is 3.62. The lowest BCUT2D eigenvalue weighted by molar-refractivity contribution is 0.516. The molecule has 1 fully saturated rings. The summed E-state index contributed by atoms with van der Waals surface area (Å²) in [6.45, 7) is 4.11. The molecular formula is C16H24ClNS. The quantitative estimate of drug-likeness (QED) is 0.718. The summed E-state index contributed by atoms with van der Waals surface area (Å²) in [4.78, 5) is 1.33. The Morgan fingerprint density at radius 2 is 2.05 bits per heavy atom. The highest BCUT2D eigenvalue weighted by atomic mass is 35.5. The van der Waals surface area contributed by atoms with Gasteiger partial charge in [-0.3, -0.25) is 0 Å². The zero-order chi connectivity index (χ0) is 13.5. The van der Waals surface area contributed by atoms with Gasteiger partial charge >= 0.3 is 0 Å². The monoisotopic (exact) mass is 297 g/mol. The normalized spacial score (nSPS) is 16.7. The van der Waals surface area contributed by atoms with E-state index in [1.807, 2.05) is 11.8 Å². The third kappa shape index (κ3) is 5.02. The molecule has 0 amide bonds. The third-order valence-corrected chi connectivity index (χ3v) is 5.30. The summed E-state index contributed by atoms with van der Waals surface area (Å²) in [5.41, 5.74) is 1.21. The van der Waals surface area contributed by atoms with Gasteiger partial charge in [-0.05, 0) is 43.5 Å². The van der Waals surface area contributed by atoms with E-state index in [0.717, 1.165) is 29.8 Å². The summed E-state index contributed by atoms with van der Waals surface area (Å²) < 4.78 is 0. The van der Waals surface area contributed by atoms with Crippen LogP contribution < -0.4 is 5.32 Å². The fourth-order valence-corrected chi connectivity index (χ4v) is 4.12. The van der Waals surface area contributed by atoms with Crippen molar-refractivity contribution in [2.75, 3.05) is 6.54 Å². The number of thioether (sulfide) groups is 1. The molecule has 0 heterocycles. The number of hydrogen-bond acceptors (Lipinski definition) is 2. The number of halogens is 1. The zero-order valence-corrected chi connectivity index (χ0v) is 13.3. The summed E-state index contributed by atoms with van der Waals surface area (Å²) >= 11 is 8.38. The van der Waals surface area contributed by atoms with Gasteiger partial charge in [0, 0.05) is 21.7 Å². The van der Waals surface area contributed by atoms with Gasteiger partial charge in [-0.15, -0.1) is 11.8 Å². The van der Waals surface area contributed by atoms with Crippen molar-refractivity contribution in [3.8, 4) is 0 Å². The van der Waals surface area contributed by atoms with Crippen LogP contribution in [0.25, 0.3) is 0 Å². The highest BCUT2D eigenvalue weighted by molar-refractivity contribution is 8.00. The van der Waals surface area contributed by atoms with E-state index in [-0.39, 0.29) is 0 Å². The van der Waals surface area contributed by atoms with Crippen LogP contribution >= 0.6 is 23.4 Å². The summed E-state index contributed by atoms with van der Waals surface area (Å²) in [6.07, 6.45) is 8.09. The van der Waals surface area contributed by atoms with Crippen molar-refractivity contribution < 1.29 is 0 Å². The highest BCUT2D eigenvalue weighted by Crippen LogP contribution is 2.35. The Hall–Kier alpha value is -0.180. The minimum Gasteiger partial charge on any atom is -0.313 e. The van der Waals surface area contributed by atoms with Crippen LogP contribution in [-0.2, 0) is 6.54 Å². The SMILES string of the molecule is CCCNCc1ccc(SC2CCCCC2)cc1Cl. The van der Waals surface area contributed by atoms with Crippen LogP contribution in [0.3, 0.4) is 0 Å². The predicted octanol–water partition coefficient (Wildman–Crippen LogP) is 5.26. The lowest BCUT2D eigenvalue weighted by Gasteiger charge is -2.21. The standard InChI is InChI=1S/C16H24ClNS/c1-2-10-18-12-13-8-9-15(11-16(13)17)19-14-6-4-3-5-7-14/h8-9,11,14,18H,2-7,10,12H2,1H3. The van der Waals surface area contributed by atoms with Gasteiger partial charge in [-0.2, -0.15) is 0 Å². The van der Waals surface area contributed by atoms with Crippen molar-refractivity contribution in [1.82, 2.24) is 5.32 Å². The maximum atomic E-state index is 6.37. The first-order chi connectivity index (χ1) is 9.29. The molecule has 1 aromatic carbocycles. The lowest BCUT2D eigenvalue weighted by atomic mass is 10.0. The molecule has 2 rings (SSSR count). The van der Waals surface area contributed by atoms with E-state index in [1.54, 1.807) is 0 Å². The van der Waals surface area contributed by atoms with Crippen LogP contribution in [0.2, 0.25) is 5.02 Å². The minimum absolute atomic E-state index is 0.800. The van der Waals surface area contributed by atoms with E-state index >= 15 is 0 Å². The van der Waals surface area contributed by atoms with E-state index in [0.29, 0.717) is 0 Å². The van der Waals surface area contributed by atoms with Crippen molar-refractivity contribution in [2.45, 2.75) is 62.1 Å². The summed E-state index contributed by atoms with van der Waals surface area (Å²) in [5.74, 6) is 0. The fourth-order valence-electron chi connectivity index (χ4n) is 2.52. The molecule has 1 nitrogen and oxygen atoms in total. The minimum atomic E-state index is 0.800. The fraction of sp³-hybridized carbons (Fsp3) is 0.625. The number of nitrogens with one attached hydrogen (secondary N) is 1. The van der Waals surface area contributed by atoms with Crippen molar-refractivity contribution in [3.63, 3.8) is 0 Å². The van der Waals surface area contributed by atoms with Gasteiger partial charge < -0.3 is 5.32 Å². The molecule has 19 heavy (non-hydrogen) atoms. The maximum Gasteiger partial charge on any atom is 0.0462 e. The van der Waals surface area contributed by atoms with E-state index in [4.69, 9.17) is 11.6 Å². The molecule has 1 N–H and O–H groups in total. The van der Waals surface area contributed by atoms with Crippen LogP contribution in [0, 0.1) is 0 Å². The first-order valence-electron chi connectivity index (χ1n) is 7.45. The maximum absolute atomic E-state index is 6.37. The molecule has 3 heteroatoms. The Morgan fingerprint density at radius 1 is 1.26 bits per heavy atom. The second-order valence-corrected chi connectivity index (χ2v) is 7.09. The van der Waals surface area contributed by atoms with Gasteiger partial charge in [-0.25, -0.2) is 0 Å². The van der Waals surface area contributed by atoms with Crippen LogP contribution in [-0.4, -0.2) is 11.8 Å². The van der Waals surface area contributed by atoms with Crippen molar-refractivity contribution >= 4 is 23.4 Å². The molecule has 1 aromatic rings. The van der Waals surface area contributed by atoms with Crippen LogP contribution in [0.5, 0.6) is 0 Å². The molecule has 0 aromatic heterocycles. The topological polar surface area (TPSA) is 12.0 Å². The second kappa shape index (κ2) is 8.18. The molecule has 106 valence electrons. The Balaban J connectivity index is 1.90. The molecule has 0 radical (unpaired) electrons. The Bertz CT molecular complexity index is 388. The van der Waals surface area contributed by atoms with Crippen LogP contribution in [0.15, 0.2) is 23.1 Å². The summed E-state index contributed by atoms with van der Waals surface area (Å²) in [7, 11) is 0. The van der Waals surface area contributed by atoms with Gasteiger partial charge in [0.2, 0.25) is 0 Å². The number of benzene rings is 1. The van der Waals surface area contributed by atoms with E-state index < -0.39 is 0 Å². The smallest absolute Gasteiger partial charge is 0.0462 e. The van der Waals surface area contributed by atoms with E-state index in [1.165, 1.54) is 42.6 Å². The van der Waals surface area contributed by atoms with Gasteiger partial charge in [0.05, 0.1) is 0 Å². The Morgan fingerprint density at radius 3 is 2.74 bits per heavy atom. The largest absolute Gasteiger partial charge is 0.313 e. The lowest BCUT2D eigenvalue weighted by Crippen LogP contribution is -2.14. The zero-order valence-electron chi connectivity index (χ0n) is 11.8. The first-order valence-corrected chi connectivity index (χ1v) is 8.71. The van der Waals surface area contributed by atoms with Crippen LogP contribution in [0.4, 0.5) is 0 Å². The van der Waals surface area contributed by atoms with Crippen LogP contribution in [0.1, 0.15) is 51.0 Å². The Kier molecular flexibility index (Phi) is 6.55. The molecule has 1 aliphatic rings. The molecule has 1 saturated carbocycles. The highest BCUT2D eigenvalue weighted by Gasteiger charge is 2.15. The predicted molar refractivity (Wildman–Crippen MR) is 86.2 cm³/mol. The van der Waals surface area contributed by atoms with Crippen molar-refractivity contribution in [2.24, 2.45) is 0 Å². The van der Waals surface area contributed by atoms with Crippen molar-refractivity contribution in [3.05, 3.63) is 28.8 Å². The summed E-state index contributed by atoms with van der Waals surface area (Å²) in [6, 6.07) is 6.55. The molecule has 1 aliphatic carbocycles.